The number of para-hydroxylation sites is 1. The summed E-state index contributed by atoms with van der Waals surface area (Å²) in [4.78, 5) is 23.4. The molecule has 5 heteroatoms. The molecule has 1 aromatic carbocycles. The van der Waals surface area contributed by atoms with Crippen molar-refractivity contribution in [1.82, 2.24) is 5.32 Å². The minimum atomic E-state index is -0.637. The van der Waals surface area contributed by atoms with E-state index in [9.17, 15) is 9.59 Å². The Hall–Kier alpha value is -1.88. The van der Waals surface area contributed by atoms with Crippen molar-refractivity contribution in [3.63, 3.8) is 0 Å². The number of amides is 2. The van der Waals surface area contributed by atoms with Crippen LogP contribution in [0.25, 0.3) is 0 Å². The lowest BCUT2D eigenvalue weighted by Gasteiger charge is -2.09. The molecule has 2 N–H and O–H groups in total. The van der Waals surface area contributed by atoms with Gasteiger partial charge in [0.25, 0.3) is 0 Å². The summed E-state index contributed by atoms with van der Waals surface area (Å²) in [6, 6.07) is 7.45. The minimum absolute atomic E-state index is 0.432. The van der Waals surface area contributed by atoms with Crippen LogP contribution in [0.3, 0.4) is 0 Å². The first-order valence-corrected chi connectivity index (χ1v) is 6.93. The molecule has 1 rings (SSSR count). The van der Waals surface area contributed by atoms with E-state index < -0.39 is 11.8 Å². The molecule has 0 spiro atoms. The molecule has 110 valence electrons. The SMILES string of the molecule is CCOCCCNC(=O)C(=O)Nc1ccccc1CC. The van der Waals surface area contributed by atoms with Gasteiger partial charge < -0.3 is 15.4 Å². The van der Waals surface area contributed by atoms with Crippen molar-refractivity contribution in [2.45, 2.75) is 26.7 Å². The average molecular weight is 278 g/mol. The Kier molecular flexibility index (Phi) is 7.35. The maximum absolute atomic E-state index is 11.7. The zero-order chi connectivity index (χ0) is 14.8. The van der Waals surface area contributed by atoms with Gasteiger partial charge in [0.1, 0.15) is 0 Å². The van der Waals surface area contributed by atoms with Gasteiger partial charge in [-0.25, -0.2) is 0 Å². The lowest BCUT2D eigenvalue weighted by atomic mass is 10.1. The number of carbonyl (C=O) groups excluding carboxylic acids is 2. The van der Waals surface area contributed by atoms with E-state index in [2.05, 4.69) is 10.6 Å². The summed E-state index contributed by atoms with van der Waals surface area (Å²) in [5, 5.41) is 5.20. The monoisotopic (exact) mass is 278 g/mol. The number of carbonyl (C=O) groups is 2. The van der Waals surface area contributed by atoms with Gasteiger partial charge in [-0.2, -0.15) is 0 Å². The first kappa shape index (κ1) is 16.2. The topological polar surface area (TPSA) is 67.4 Å². The standard InChI is InChI=1S/C15H22N2O3/c1-3-12-8-5-6-9-13(12)17-15(19)14(18)16-10-7-11-20-4-2/h5-6,8-9H,3-4,7,10-11H2,1-2H3,(H,16,18)(H,17,19). The van der Waals surface area contributed by atoms with Crippen LogP contribution in [0.15, 0.2) is 24.3 Å². The number of benzene rings is 1. The van der Waals surface area contributed by atoms with E-state index in [0.29, 0.717) is 31.9 Å². The highest BCUT2D eigenvalue weighted by Gasteiger charge is 2.14. The van der Waals surface area contributed by atoms with Crippen LogP contribution in [0.1, 0.15) is 25.8 Å². The Morgan fingerprint density at radius 2 is 1.90 bits per heavy atom. The summed E-state index contributed by atoms with van der Waals surface area (Å²) in [5.41, 5.74) is 1.69. The Morgan fingerprint density at radius 3 is 2.60 bits per heavy atom. The Morgan fingerprint density at radius 1 is 1.15 bits per heavy atom. The molecular formula is C15H22N2O3. The van der Waals surface area contributed by atoms with E-state index in [1.54, 1.807) is 6.07 Å². The predicted molar refractivity (Wildman–Crippen MR) is 78.6 cm³/mol. The lowest BCUT2D eigenvalue weighted by Crippen LogP contribution is -2.36. The first-order valence-electron chi connectivity index (χ1n) is 6.93. The first-order chi connectivity index (χ1) is 9.69. The molecular weight excluding hydrogens is 256 g/mol. The fourth-order valence-electron chi connectivity index (χ4n) is 1.73. The normalized spacial score (nSPS) is 10.1. The van der Waals surface area contributed by atoms with Crippen molar-refractivity contribution in [2.75, 3.05) is 25.1 Å². The molecule has 20 heavy (non-hydrogen) atoms. The van der Waals surface area contributed by atoms with Crippen LogP contribution >= 0.6 is 0 Å². The largest absolute Gasteiger partial charge is 0.382 e. The molecule has 1 aromatic rings. The smallest absolute Gasteiger partial charge is 0.313 e. The van der Waals surface area contributed by atoms with Crippen molar-refractivity contribution in [2.24, 2.45) is 0 Å². The third-order valence-electron chi connectivity index (χ3n) is 2.81. The Balaban J connectivity index is 2.40. The van der Waals surface area contributed by atoms with E-state index >= 15 is 0 Å². The van der Waals surface area contributed by atoms with Crippen LogP contribution < -0.4 is 10.6 Å². The van der Waals surface area contributed by atoms with E-state index in [1.165, 1.54) is 0 Å². The molecule has 0 aliphatic rings. The van der Waals surface area contributed by atoms with Crippen LogP contribution in [0.5, 0.6) is 0 Å². The van der Waals surface area contributed by atoms with Crippen molar-refractivity contribution < 1.29 is 14.3 Å². The molecule has 0 bridgehead atoms. The summed E-state index contributed by atoms with van der Waals surface area (Å²) in [6.07, 6.45) is 1.49. The maximum atomic E-state index is 11.7. The minimum Gasteiger partial charge on any atom is -0.382 e. The highest BCUT2D eigenvalue weighted by atomic mass is 16.5. The van der Waals surface area contributed by atoms with Gasteiger partial charge in [-0.15, -0.1) is 0 Å². The molecule has 0 heterocycles. The van der Waals surface area contributed by atoms with Gasteiger partial charge in [0, 0.05) is 25.4 Å². The molecule has 0 unspecified atom stereocenters. The molecule has 0 saturated heterocycles. The number of hydrogen-bond acceptors (Lipinski definition) is 3. The molecule has 0 aromatic heterocycles. The van der Waals surface area contributed by atoms with Gasteiger partial charge >= 0.3 is 11.8 Å². The highest BCUT2D eigenvalue weighted by molar-refractivity contribution is 6.39. The number of ether oxygens (including phenoxy) is 1. The molecule has 2 amide bonds. The second kappa shape index (κ2) is 9.09. The van der Waals surface area contributed by atoms with E-state index in [1.807, 2.05) is 32.0 Å². The van der Waals surface area contributed by atoms with Gasteiger partial charge in [-0.05, 0) is 31.4 Å². The fraction of sp³-hybridized carbons (Fsp3) is 0.467. The van der Waals surface area contributed by atoms with Crippen molar-refractivity contribution >= 4 is 17.5 Å². The molecule has 0 aliphatic carbocycles. The van der Waals surface area contributed by atoms with Crippen LogP contribution in [0, 0.1) is 0 Å². The molecule has 0 atom stereocenters. The molecule has 5 nitrogen and oxygen atoms in total. The quantitative estimate of drug-likeness (QED) is 0.589. The third kappa shape index (κ3) is 5.40. The van der Waals surface area contributed by atoms with Crippen molar-refractivity contribution in [1.29, 1.82) is 0 Å². The van der Waals surface area contributed by atoms with Crippen molar-refractivity contribution in [3.05, 3.63) is 29.8 Å². The summed E-state index contributed by atoms with van der Waals surface area (Å²) >= 11 is 0. The lowest BCUT2D eigenvalue weighted by molar-refractivity contribution is -0.136. The number of nitrogens with one attached hydrogen (secondary N) is 2. The van der Waals surface area contributed by atoms with Crippen molar-refractivity contribution in [3.8, 4) is 0 Å². The summed E-state index contributed by atoms with van der Waals surface area (Å²) in [5.74, 6) is -1.25. The highest BCUT2D eigenvalue weighted by Crippen LogP contribution is 2.14. The summed E-state index contributed by atoms with van der Waals surface area (Å²) in [6.45, 7) is 5.58. The van der Waals surface area contributed by atoms with Crippen LogP contribution in [-0.2, 0) is 20.7 Å². The second-order valence-corrected chi connectivity index (χ2v) is 4.27. The zero-order valence-electron chi connectivity index (χ0n) is 12.1. The van der Waals surface area contributed by atoms with E-state index in [0.717, 1.165) is 12.0 Å². The number of anilines is 1. The van der Waals surface area contributed by atoms with Gasteiger partial charge in [0.05, 0.1) is 0 Å². The third-order valence-corrected chi connectivity index (χ3v) is 2.81. The molecule has 0 radical (unpaired) electrons. The van der Waals surface area contributed by atoms with Gasteiger partial charge in [-0.1, -0.05) is 25.1 Å². The molecule has 0 saturated carbocycles. The maximum Gasteiger partial charge on any atom is 0.313 e. The van der Waals surface area contributed by atoms with Gasteiger partial charge in [0.15, 0.2) is 0 Å². The van der Waals surface area contributed by atoms with Gasteiger partial charge in [0.2, 0.25) is 0 Å². The Bertz CT molecular complexity index is 446. The fourth-order valence-corrected chi connectivity index (χ4v) is 1.73. The number of aryl methyl sites for hydroxylation is 1. The van der Waals surface area contributed by atoms with E-state index in [-0.39, 0.29) is 0 Å². The average Bonchev–Trinajstić information content (AvgIpc) is 2.47. The zero-order valence-corrected chi connectivity index (χ0v) is 12.1. The Labute approximate surface area is 119 Å². The molecule has 0 aliphatic heterocycles. The van der Waals surface area contributed by atoms with E-state index in [4.69, 9.17) is 4.74 Å². The van der Waals surface area contributed by atoms with Crippen LogP contribution in [0.4, 0.5) is 5.69 Å². The van der Waals surface area contributed by atoms with Crippen LogP contribution in [0.2, 0.25) is 0 Å². The summed E-state index contributed by atoms with van der Waals surface area (Å²) < 4.78 is 5.15. The van der Waals surface area contributed by atoms with Crippen LogP contribution in [-0.4, -0.2) is 31.6 Å². The predicted octanol–water partition coefficient (Wildman–Crippen LogP) is 1.73. The number of rotatable bonds is 7. The van der Waals surface area contributed by atoms with Gasteiger partial charge in [-0.3, -0.25) is 9.59 Å². The molecule has 0 fully saturated rings. The second-order valence-electron chi connectivity index (χ2n) is 4.27. The number of hydrogen-bond donors (Lipinski definition) is 2. The summed E-state index contributed by atoms with van der Waals surface area (Å²) in [7, 11) is 0.